The Morgan fingerprint density at radius 2 is 1.93 bits per heavy atom. The maximum absolute atomic E-state index is 13.6. The van der Waals surface area contributed by atoms with Gasteiger partial charge >= 0.3 is 6.18 Å². The number of aromatic nitrogens is 2. The van der Waals surface area contributed by atoms with E-state index < -0.39 is 11.7 Å². The Bertz CT molecular complexity index is 838. The largest absolute Gasteiger partial charge is 0.416 e. The molecule has 3 rings (SSSR count). The minimum Gasteiger partial charge on any atom is -0.370 e. The van der Waals surface area contributed by atoms with Crippen molar-refractivity contribution in [3.05, 3.63) is 46.8 Å². The SMILES string of the molecule is Cc1cc(C)n(-c2ccc(CN=C(N)N3CCSCC3)c(C(F)(F)F)c2)n1. The van der Waals surface area contributed by atoms with E-state index in [0.29, 0.717) is 11.6 Å². The molecule has 1 aliphatic rings. The monoisotopic (exact) mass is 397 g/mol. The van der Waals surface area contributed by atoms with Gasteiger partial charge < -0.3 is 10.6 Å². The van der Waals surface area contributed by atoms with Crippen molar-refractivity contribution < 1.29 is 13.2 Å². The van der Waals surface area contributed by atoms with Gasteiger partial charge in [0.2, 0.25) is 0 Å². The summed E-state index contributed by atoms with van der Waals surface area (Å²) in [5.74, 6) is 2.19. The van der Waals surface area contributed by atoms with Gasteiger partial charge in [0.05, 0.1) is 23.5 Å². The van der Waals surface area contributed by atoms with E-state index in [-0.39, 0.29) is 12.1 Å². The van der Waals surface area contributed by atoms with Crippen LogP contribution in [0.25, 0.3) is 5.69 Å². The molecule has 2 heterocycles. The van der Waals surface area contributed by atoms with Crippen LogP contribution in [0.2, 0.25) is 0 Å². The second kappa shape index (κ2) is 7.84. The van der Waals surface area contributed by atoms with Crippen molar-refractivity contribution in [2.75, 3.05) is 24.6 Å². The van der Waals surface area contributed by atoms with E-state index in [1.54, 1.807) is 13.0 Å². The summed E-state index contributed by atoms with van der Waals surface area (Å²) in [5, 5.41) is 4.26. The van der Waals surface area contributed by atoms with Gasteiger partial charge in [-0.3, -0.25) is 0 Å². The fraction of sp³-hybridized carbons (Fsp3) is 0.444. The van der Waals surface area contributed by atoms with Crippen LogP contribution in [0.5, 0.6) is 0 Å². The van der Waals surface area contributed by atoms with Crippen LogP contribution < -0.4 is 5.73 Å². The molecule has 0 atom stereocenters. The average Bonchev–Trinajstić information content (AvgIpc) is 2.97. The first-order valence-electron chi connectivity index (χ1n) is 8.62. The molecule has 1 fully saturated rings. The molecule has 0 bridgehead atoms. The molecule has 0 saturated carbocycles. The molecule has 2 N–H and O–H groups in total. The van der Waals surface area contributed by atoms with E-state index in [0.717, 1.165) is 42.0 Å². The predicted octanol–water partition coefficient (Wildman–Crippen LogP) is 3.37. The molecule has 146 valence electrons. The van der Waals surface area contributed by atoms with Crippen molar-refractivity contribution in [3.8, 4) is 5.69 Å². The zero-order chi connectivity index (χ0) is 19.6. The van der Waals surface area contributed by atoms with Gasteiger partial charge in [-0.15, -0.1) is 0 Å². The number of nitrogens with two attached hydrogens (primary N) is 1. The van der Waals surface area contributed by atoms with Gasteiger partial charge in [-0.2, -0.15) is 30.0 Å². The third kappa shape index (κ3) is 4.58. The number of aliphatic imine (C=N–C) groups is 1. The molecule has 27 heavy (non-hydrogen) atoms. The van der Waals surface area contributed by atoms with Crippen LogP contribution in [-0.4, -0.2) is 45.2 Å². The standard InChI is InChI=1S/C18H22F3N5S/c1-12-9-13(2)26(24-12)15-4-3-14(16(10-15)18(19,20)21)11-23-17(22)25-5-7-27-8-6-25/h3-4,9-10H,5-8,11H2,1-2H3,(H2,22,23). The normalized spacial score (nSPS) is 16.0. The minimum atomic E-state index is -4.48. The summed E-state index contributed by atoms with van der Waals surface area (Å²) in [7, 11) is 0. The van der Waals surface area contributed by atoms with Crippen LogP contribution in [0.3, 0.4) is 0 Å². The van der Waals surface area contributed by atoms with Crippen LogP contribution in [0.4, 0.5) is 13.2 Å². The Hall–Kier alpha value is -2.16. The molecule has 0 aliphatic carbocycles. The lowest BCUT2D eigenvalue weighted by Crippen LogP contribution is -2.42. The molecule has 0 radical (unpaired) electrons. The molecule has 1 aliphatic heterocycles. The smallest absolute Gasteiger partial charge is 0.370 e. The van der Waals surface area contributed by atoms with Crippen LogP contribution >= 0.6 is 11.8 Å². The predicted molar refractivity (Wildman–Crippen MR) is 102 cm³/mol. The lowest BCUT2D eigenvalue weighted by Gasteiger charge is -2.27. The second-order valence-corrected chi connectivity index (χ2v) is 7.68. The first-order valence-corrected chi connectivity index (χ1v) is 9.77. The first-order chi connectivity index (χ1) is 12.8. The van der Waals surface area contributed by atoms with Crippen molar-refractivity contribution in [1.82, 2.24) is 14.7 Å². The van der Waals surface area contributed by atoms with Crippen LogP contribution in [0.15, 0.2) is 29.3 Å². The average molecular weight is 397 g/mol. The number of benzene rings is 1. The Balaban J connectivity index is 1.89. The van der Waals surface area contributed by atoms with Crippen LogP contribution in [-0.2, 0) is 12.7 Å². The van der Waals surface area contributed by atoms with E-state index >= 15 is 0 Å². The highest BCUT2D eigenvalue weighted by Gasteiger charge is 2.34. The number of hydrogen-bond acceptors (Lipinski definition) is 3. The van der Waals surface area contributed by atoms with Crippen molar-refractivity contribution in [1.29, 1.82) is 0 Å². The van der Waals surface area contributed by atoms with E-state index in [9.17, 15) is 13.2 Å². The molecule has 9 heteroatoms. The quantitative estimate of drug-likeness (QED) is 0.637. The van der Waals surface area contributed by atoms with E-state index in [4.69, 9.17) is 5.73 Å². The minimum absolute atomic E-state index is 0.0992. The van der Waals surface area contributed by atoms with Gasteiger partial charge in [0, 0.05) is 30.3 Å². The Morgan fingerprint density at radius 1 is 1.22 bits per heavy atom. The molecule has 1 aromatic carbocycles. The van der Waals surface area contributed by atoms with E-state index in [1.807, 2.05) is 29.7 Å². The Labute approximate surface area is 160 Å². The number of nitrogens with zero attached hydrogens (tertiary/aromatic N) is 4. The zero-order valence-electron chi connectivity index (χ0n) is 15.3. The summed E-state index contributed by atoms with van der Waals surface area (Å²) in [6.45, 7) is 5.04. The molecule has 1 saturated heterocycles. The van der Waals surface area contributed by atoms with Gasteiger partial charge in [0.15, 0.2) is 5.96 Å². The van der Waals surface area contributed by atoms with Gasteiger partial charge in [-0.25, -0.2) is 9.67 Å². The summed E-state index contributed by atoms with van der Waals surface area (Å²) in [6, 6.07) is 6.03. The van der Waals surface area contributed by atoms with Crippen molar-refractivity contribution in [3.63, 3.8) is 0 Å². The molecule has 0 amide bonds. The summed E-state index contributed by atoms with van der Waals surface area (Å²) in [5.41, 5.74) is 7.26. The highest BCUT2D eigenvalue weighted by molar-refractivity contribution is 7.99. The second-order valence-electron chi connectivity index (χ2n) is 6.45. The molecule has 5 nitrogen and oxygen atoms in total. The topological polar surface area (TPSA) is 59.4 Å². The highest BCUT2D eigenvalue weighted by atomic mass is 32.2. The lowest BCUT2D eigenvalue weighted by atomic mass is 10.1. The lowest BCUT2D eigenvalue weighted by molar-refractivity contribution is -0.138. The fourth-order valence-electron chi connectivity index (χ4n) is 3.05. The van der Waals surface area contributed by atoms with Crippen LogP contribution in [0, 0.1) is 13.8 Å². The number of aryl methyl sites for hydroxylation is 2. The molecular weight excluding hydrogens is 375 g/mol. The summed E-state index contributed by atoms with van der Waals surface area (Å²) in [4.78, 5) is 6.12. The number of alkyl halides is 3. The number of guanidine groups is 1. The summed E-state index contributed by atoms with van der Waals surface area (Å²) in [6.07, 6.45) is -4.48. The van der Waals surface area contributed by atoms with Gasteiger partial charge in [-0.1, -0.05) is 6.07 Å². The van der Waals surface area contributed by atoms with Gasteiger partial charge in [0.25, 0.3) is 0 Å². The summed E-state index contributed by atoms with van der Waals surface area (Å²) < 4.78 is 42.3. The van der Waals surface area contributed by atoms with Gasteiger partial charge in [0.1, 0.15) is 0 Å². The Kier molecular flexibility index (Phi) is 5.69. The number of rotatable bonds is 3. The molecule has 0 spiro atoms. The maximum atomic E-state index is 13.6. The molecular formula is C18H22F3N5S. The number of hydrogen-bond donors (Lipinski definition) is 1. The molecule has 2 aromatic rings. The van der Waals surface area contributed by atoms with Crippen molar-refractivity contribution in [2.45, 2.75) is 26.6 Å². The maximum Gasteiger partial charge on any atom is 0.416 e. The molecule has 0 unspecified atom stereocenters. The van der Waals surface area contributed by atoms with E-state index in [2.05, 4.69) is 10.1 Å². The number of thioether (sulfide) groups is 1. The summed E-state index contributed by atoms with van der Waals surface area (Å²) >= 11 is 1.83. The van der Waals surface area contributed by atoms with Gasteiger partial charge in [-0.05, 0) is 37.6 Å². The molecule has 1 aromatic heterocycles. The highest BCUT2D eigenvalue weighted by Crippen LogP contribution is 2.34. The third-order valence-electron chi connectivity index (χ3n) is 4.40. The first kappa shape index (κ1) is 19.6. The fourth-order valence-corrected chi connectivity index (χ4v) is 3.95. The van der Waals surface area contributed by atoms with E-state index in [1.165, 1.54) is 10.7 Å². The third-order valence-corrected chi connectivity index (χ3v) is 5.34. The van der Waals surface area contributed by atoms with Crippen molar-refractivity contribution in [2.24, 2.45) is 10.7 Å². The Morgan fingerprint density at radius 3 is 2.52 bits per heavy atom. The number of halogens is 3. The zero-order valence-corrected chi connectivity index (χ0v) is 16.1. The van der Waals surface area contributed by atoms with Crippen LogP contribution in [0.1, 0.15) is 22.5 Å². The van der Waals surface area contributed by atoms with Crippen molar-refractivity contribution >= 4 is 17.7 Å².